The van der Waals surface area contributed by atoms with Crippen LogP contribution in [0.25, 0.3) is 0 Å². The third-order valence-electron chi connectivity index (χ3n) is 4.69. The monoisotopic (exact) mass is 407 g/mol. The molecular formula is C20H23Cl2N3O2. The van der Waals surface area contributed by atoms with Crippen molar-refractivity contribution in [3.8, 4) is 0 Å². The topological polar surface area (TPSA) is 75.4 Å². The SMILES string of the molecule is CC1CCCCN1C(=O)c1ccc(NC(=O)c2ccc(N)cc2)cc1Cl.Cl. The van der Waals surface area contributed by atoms with Gasteiger partial charge in [-0.05, 0) is 68.7 Å². The lowest BCUT2D eigenvalue weighted by atomic mass is 10.0. The Labute approximate surface area is 170 Å². The zero-order chi connectivity index (χ0) is 18.7. The molecule has 3 N–H and O–H groups in total. The van der Waals surface area contributed by atoms with Gasteiger partial charge in [-0.1, -0.05) is 11.6 Å². The van der Waals surface area contributed by atoms with E-state index in [1.165, 1.54) is 0 Å². The van der Waals surface area contributed by atoms with E-state index in [1.54, 1.807) is 42.5 Å². The number of hydrogen-bond acceptors (Lipinski definition) is 3. The van der Waals surface area contributed by atoms with Crippen molar-refractivity contribution in [1.82, 2.24) is 4.90 Å². The van der Waals surface area contributed by atoms with E-state index in [1.807, 2.05) is 4.90 Å². The molecule has 2 aromatic carbocycles. The Hall–Kier alpha value is -2.24. The van der Waals surface area contributed by atoms with Crippen molar-refractivity contribution in [2.75, 3.05) is 17.6 Å². The highest BCUT2D eigenvalue weighted by Crippen LogP contribution is 2.26. The summed E-state index contributed by atoms with van der Waals surface area (Å²) in [5, 5.41) is 3.12. The Morgan fingerprint density at radius 1 is 1.15 bits per heavy atom. The molecule has 1 atom stereocenters. The number of rotatable bonds is 3. The van der Waals surface area contributed by atoms with E-state index in [0.717, 1.165) is 25.8 Å². The number of nitrogens with two attached hydrogens (primary N) is 1. The summed E-state index contributed by atoms with van der Waals surface area (Å²) in [7, 11) is 0. The highest BCUT2D eigenvalue weighted by atomic mass is 35.5. The minimum atomic E-state index is -0.259. The first-order valence-electron chi connectivity index (χ1n) is 8.73. The van der Waals surface area contributed by atoms with Gasteiger partial charge in [0, 0.05) is 29.5 Å². The molecule has 0 saturated carbocycles. The van der Waals surface area contributed by atoms with Gasteiger partial charge >= 0.3 is 0 Å². The van der Waals surface area contributed by atoms with Gasteiger partial charge in [-0.25, -0.2) is 0 Å². The van der Waals surface area contributed by atoms with Crippen molar-refractivity contribution in [3.05, 3.63) is 58.6 Å². The summed E-state index contributed by atoms with van der Waals surface area (Å²) in [6.45, 7) is 2.82. The molecule has 0 aromatic heterocycles. The zero-order valence-corrected chi connectivity index (χ0v) is 16.6. The summed E-state index contributed by atoms with van der Waals surface area (Å²) in [5.41, 5.74) is 7.73. The van der Waals surface area contributed by atoms with Crippen molar-refractivity contribution in [2.24, 2.45) is 0 Å². The van der Waals surface area contributed by atoms with E-state index in [9.17, 15) is 9.59 Å². The normalized spacial score (nSPS) is 16.4. The molecule has 0 aliphatic carbocycles. The van der Waals surface area contributed by atoms with Gasteiger partial charge in [-0.2, -0.15) is 0 Å². The third-order valence-corrected chi connectivity index (χ3v) is 5.01. The summed E-state index contributed by atoms with van der Waals surface area (Å²) < 4.78 is 0. The van der Waals surface area contributed by atoms with E-state index in [2.05, 4.69) is 12.2 Å². The van der Waals surface area contributed by atoms with Crippen LogP contribution in [0.5, 0.6) is 0 Å². The lowest BCUT2D eigenvalue weighted by Gasteiger charge is -2.33. The largest absolute Gasteiger partial charge is 0.399 e. The summed E-state index contributed by atoms with van der Waals surface area (Å²) in [5.74, 6) is -0.316. The first-order chi connectivity index (χ1) is 12.5. The predicted octanol–water partition coefficient (Wildman–Crippen LogP) is 4.61. The third kappa shape index (κ3) is 4.93. The minimum absolute atomic E-state index is 0. The maximum absolute atomic E-state index is 12.8. The molecule has 1 fully saturated rings. The molecule has 1 saturated heterocycles. The van der Waals surface area contributed by atoms with E-state index >= 15 is 0 Å². The average molecular weight is 408 g/mol. The molecular weight excluding hydrogens is 385 g/mol. The number of hydrogen-bond donors (Lipinski definition) is 2. The molecule has 144 valence electrons. The lowest BCUT2D eigenvalue weighted by Crippen LogP contribution is -2.42. The lowest BCUT2D eigenvalue weighted by molar-refractivity contribution is 0.0635. The second-order valence-corrected chi connectivity index (χ2v) is 7.02. The number of benzene rings is 2. The molecule has 2 aromatic rings. The predicted molar refractivity (Wildman–Crippen MR) is 112 cm³/mol. The fourth-order valence-corrected chi connectivity index (χ4v) is 3.42. The fraction of sp³-hybridized carbons (Fsp3) is 0.300. The van der Waals surface area contributed by atoms with Crippen LogP contribution in [0.15, 0.2) is 42.5 Å². The smallest absolute Gasteiger partial charge is 0.255 e. The second-order valence-electron chi connectivity index (χ2n) is 6.61. The maximum Gasteiger partial charge on any atom is 0.255 e. The number of nitrogens with one attached hydrogen (secondary N) is 1. The van der Waals surface area contributed by atoms with Gasteiger partial charge in [-0.15, -0.1) is 12.4 Å². The number of nitrogen functional groups attached to an aromatic ring is 1. The zero-order valence-electron chi connectivity index (χ0n) is 15.1. The Morgan fingerprint density at radius 2 is 1.85 bits per heavy atom. The summed E-state index contributed by atoms with van der Waals surface area (Å²) in [4.78, 5) is 26.9. The molecule has 3 rings (SSSR count). The highest BCUT2D eigenvalue weighted by Gasteiger charge is 2.25. The second kappa shape index (κ2) is 9.11. The Bertz CT molecular complexity index is 824. The molecule has 1 unspecified atom stereocenters. The van der Waals surface area contributed by atoms with Crippen molar-refractivity contribution in [3.63, 3.8) is 0 Å². The van der Waals surface area contributed by atoms with Gasteiger partial charge in [0.2, 0.25) is 0 Å². The van der Waals surface area contributed by atoms with Crippen LogP contribution >= 0.6 is 24.0 Å². The van der Waals surface area contributed by atoms with Crippen molar-refractivity contribution in [1.29, 1.82) is 0 Å². The van der Waals surface area contributed by atoms with Crippen LogP contribution in [0.3, 0.4) is 0 Å². The molecule has 1 aliphatic heterocycles. The number of amides is 2. The van der Waals surface area contributed by atoms with Crippen LogP contribution in [0.4, 0.5) is 11.4 Å². The maximum atomic E-state index is 12.8. The Balaban J connectivity index is 0.00000261. The number of likely N-dealkylation sites (tertiary alicyclic amines) is 1. The number of carbonyl (C=O) groups is 2. The van der Waals surface area contributed by atoms with Crippen LogP contribution in [-0.4, -0.2) is 29.3 Å². The van der Waals surface area contributed by atoms with Gasteiger partial charge in [-0.3, -0.25) is 9.59 Å². The summed E-state index contributed by atoms with van der Waals surface area (Å²) >= 11 is 6.33. The van der Waals surface area contributed by atoms with Crippen LogP contribution in [0.2, 0.25) is 5.02 Å². The average Bonchev–Trinajstić information content (AvgIpc) is 2.62. The number of anilines is 2. The Kier molecular flexibility index (Phi) is 7.11. The van der Waals surface area contributed by atoms with Crippen molar-refractivity contribution < 1.29 is 9.59 Å². The van der Waals surface area contributed by atoms with E-state index in [-0.39, 0.29) is 30.3 Å². The van der Waals surface area contributed by atoms with Gasteiger partial charge < -0.3 is 16.0 Å². The van der Waals surface area contributed by atoms with Gasteiger partial charge in [0.05, 0.1) is 10.6 Å². The molecule has 2 amide bonds. The Morgan fingerprint density at radius 3 is 2.48 bits per heavy atom. The minimum Gasteiger partial charge on any atom is -0.399 e. The van der Waals surface area contributed by atoms with Gasteiger partial charge in [0.15, 0.2) is 0 Å². The fourth-order valence-electron chi connectivity index (χ4n) is 3.16. The number of piperidine rings is 1. The van der Waals surface area contributed by atoms with E-state index in [0.29, 0.717) is 27.5 Å². The van der Waals surface area contributed by atoms with Crippen LogP contribution in [0, 0.1) is 0 Å². The number of carbonyl (C=O) groups excluding carboxylic acids is 2. The first-order valence-corrected chi connectivity index (χ1v) is 9.11. The van der Waals surface area contributed by atoms with Crippen molar-refractivity contribution in [2.45, 2.75) is 32.2 Å². The molecule has 5 nitrogen and oxygen atoms in total. The summed E-state index contributed by atoms with van der Waals surface area (Å²) in [6.07, 6.45) is 3.18. The molecule has 0 spiro atoms. The van der Waals surface area contributed by atoms with Gasteiger partial charge in [0.1, 0.15) is 0 Å². The summed E-state index contributed by atoms with van der Waals surface area (Å²) in [6, 6.07) is 11.8. The molecule has 0 radical (unpaired) electrons. The molecule has 7 heteroatoms. The van der Waals surface area contributed by atoms with E-state index in [4.69, 9.17) is 17.3 Å². The highest BCUT2D eigenvalue weighted by molar-refractivity contribution is 6.34. The van der Waals surface area contributed by atoms with Gasteiger partial charge in [0.25, 0.3) is 11.8 Å². The standard InChI is InChI=1S/C20H22ClN3O2.ClH/c1-13-4-2-3-11-24(13)20(26)17-10-9-16(12-18(17)21)23-19(25)14-5-7-15(22)8-6-14;/h5-10,12-13H,2-4,11,22H2,1H3,(H,23,25);1H. The quantitative estimate of drug-likeness (QED) is 0.729. The number of halogens is 2. The van der Waals surface area contributed by atoms with Crippen molar-refractivity contribution >= 4 is 47.2 Å². The molecule has 27 heavy (non-hydrogen) atoms. The van der Waals surface area contributed by atoms with Crippen LogP contribution in [-0.2, 0) is 0 Å². The van der Waals surface area contributed by atoms with E-state index < -0.39 is 0 Å². The first kappa shape index (κ1) is 21.1. The van der Waals surface area contributed by atoms with Crippen LogP contribution < -0.4 is 11.1 Å². The number of nitrogens with zero attached hydrogens (tertiary/aromatic N) is 1. The molecule has 0 bridgehead atoms. The molecule has 1 heterocycles. The van der Waals surface area contributed by atoms with Crippen LogP contribution in [0.1, 0.15) is 46.9 Å². The molecule has 1 aliphatic rings.